The van der Waals surface area contributed by atoms with Crippen LogP contribution in [-0.2, 0) is 24.7 Å². The molecule has 0 spiro atoms. The van der Waals surface area contributed by atoms with Gasteiger partial charge in [-0.15, -0.1) is 0 Å². The molecular formula is C24H22F12N4O2. The summed E-state index contributed by atoms with van der Waals surface area (Å²) >= 11 is 0. The van der Waals surface area contributed by atoms with Crippen molar-refractivity contribution < 1.29 is 62.3 Å². The molecule has 0 aliphatic carbocycles. The van der Waals surface area contributed by atoms with Gasteiger partial charge in [0.25, 0.3) is 0 Å². The van der Waals surface area contributed by atoms with Crippen LogP contribution in [0.5, 0.6) is 0 Å². The molecule has 2 aromatic rings. The average Bonchev–Trinajstić information content (AvgIpc) is 2.81. The fourth-order valence-electron chi connectivity index (χ4n) is 3.48. The molecule has 0 aromatic heterocycles. The van der Waals surface area contributed by atoms with E-state index >= 15 is 0 Å². The predicted octanol–water partition coefficient (Wildman–Crippen LogP) is 8.61. The molecule has 0 saturated heterocycles. The number of alkyl halides is 12. The molecule has 0 heterocycles. The highest BCUT2D eigenvalue weighted by atomic mass is 19.4. The Morgan fingerprint density at radius 2 is 0.881 bits per heavy atom. The Hall–Kier alpha value is -3.86. The van der Waals surface area contributed by atoms with E-state index in [2.05, 4.69) is 10.6 Å². The van der Waals surface area contributed by atoms with E-state index in [1.54, 1.807) is 17.6 Å². The summed E-state index contributed by atoms with van der Waals surface area (Å²) in [5, 5.41) is 7.74. The Bertz CT molecular complexity index is 1100. The normalized spacial score (nSPS) is 12.7. The van der Waals surface area contributed by atoms with Crippen LogP contribution in [0.4, 0.5) is 73.6 Å². The zero-order valence-electron chi connectivity index (χ0n) is 21.2. The van der Waals surface area contributed by atoms with Gasteiger partial charge in [0.15, 0.2) is 0 Å². The van der Waals surface area contributed by atoms with E-state index in [9.17, 15) is 62.3 Å². The molecule has 18 heteroatoms. The van der Waals surface area contributed by atoms with Crippen molar-refractivity contribution in [2.24, 2.45) is 0 Å². The number of unbranched alkanes of at least 4 members (excludes halogenated alkanes) is 2. The number of amides is 4. The minimum atomic E-state index is -5.20. The molecule has 0 saturated carbocycles. The van der Waals surface area contributed by atoms with E-state index < -0.39 is 76.6 Å². The van der Waals surface area contributed by atoms with Crippen LogP contribution in [0.1, 0.15) is 54.9 Å². The number of halogens is 12. The number of urea groups is 2. The second kappa shape index (κ2) is 13.0. The van der Waals surface area contributed by atoms with Crippen LogP contribution in [0.2, 0.25) is 0 Å². The third-order valence-electron chi connectivity index (χ3n) is 5.40. The lowest BCUT2D eigenvalue weighted by molar-refractivity contribution is -0.144. The first kappa shape index (κ1) is 34.3. The van der Waals surface area contributed by atoms with Gasteiger partial charge in [-0.3, -0.25) is 0 Å². The van der Waals surface area contributed by atoms with Gasteiger partial charge in [-0.2, -0.15) is 52.7 Å². The lowest BCUT2D eigenvalue weighted by atomic mass is 10.1. The number of benzene rings is 2. The maximum absolute atomic E-state index is 13.1. The number of nitrogens with one attached hydrogen (secondary N) is 4. The van der Waals surface area contributed by atoms with Crippen molar-refractivity contribution in [2.45, 2.75) is 63.5 Å². The smallest absolute Gasteiger partial charge is 0.318 e. The van der Waals surface area contributed by atoms with Crippen LogP contribution in [0, 0.1) is 0 Å². The zero-order valence-corrected chi connectivity index (χ0v) is 21.2. The zero-order chi connectivity index (χ0) is 32.1. The molecule has 2 rings (SSSR count). The Labute approximate surface area is 229 Å². The van der Waals surface area contributed by atoms with E-state index in [1.807, 2.05) is 0 Å². The summed E-state index contributed by atoms with van der Waals surface area (Å²) in [6.07, 6.45) is -20.9. The molecular weight excluding hydrogens is 604 g/mol. The summed E-state index contributed by atoms with van der Waals surface area (Å²) in [6.45, 7) is 1.77. The van der Waals surface area contributed by atoms with Crippen LogP contribution in [0.15, 0.2) is 36.4 Å². The van der Waals surface area contributed by atoms with Crippen molar-refractivity contribution in [1.29, 1.82) is 0 Å². The van der Waals surface area contributed by atoms with Gasteiger partial charge >= 0.3 is 36.8 Å². The highest BCUT2D eigenvalue weighted by Crippen LogP contribution is 2.39. The summed E-state index contributed by atoms with van der Waals surface area (Å²) in [6, 6.07) is -2.16. The minimum absolute atomic E-state index is 0.0819. The molecule has 42 heavy (non-hydrogen) atoms. The van der Waals surface area contributed by atoms with Crippen LogP contribution in [0.3, 0.4) is 0 Å². The van der Waals surface area contributed by atoms with Crippen LogP contribution in [-0.4, -0.2) is 18.2 Å². The van der Waals surface area contributed by atoms with Crippen molar-refractivity contribution in [1.82, 2.24) is 10.6 Å². The Kier molecular flexibility index (Phi) is 10.6. The van der Waals surface area contributed by atoms with Crippen molar-refractivity contribution in [3.8, 4) is 0 Å². The van der Waals surface area contributed by atoms with Crippen LogP contribution in [0.25, 0.3) is 0 Å². The van der Waals surface area contributed by atoms with E-state index in [0.717, 1.165) is 0 Å². The summed E-state index contributed by atoms with van der Waals surface area (Å²) in [7, 11) is 0. The van der Waals surface area contributed by atoms with Gasteiger partial charge in [0.05, 0.1) is 22.3 Å². The van der Waals surface area contributed by atoms with Gasteiger partial charge in [-0.1, -0.05) is 19.8 Å². The maximum atomic E-state index is 13.1. The molecule has 4 N–H and O–H groups in total. The third-order valence-corrected chi connectivity index (χ3v) is 5.40. The minimum Gasteiger partial charge on any atom is -0.318 e. The third kappa shape index (κ3) is 10.5. The van der Waals surface area contributed by atoms with Crippen molar-refractivity contribution in [2.75, 3.05) is 10.6 Å². The van der Waals surface area contributed by atoms with E-state index in [-0.39, 0.29) is 42.8 Å². The van der Waals surface area contributed by atoms with Crippen molar-refractivity contribution >= 4 is 23.4 Å². The molecule has 234 valence electrons. The van der Waals surface area contributed by atoms with Gasteiger partial charge in [0.1, 0.15) is 6.17 Å². The Morgan fingerprint density at radius 3 is 1.14 bits per heavy atom. The quantitative estimate of drug-likeness (QED) is 0.135. The number of rotatable bonds is 8. The summed E-state index contributed by atoms with van der Waals surface area (Å²) in [5.41, 5.74) is -8.69. The molecule has 0 aliphatic rings. The Balaban J connectivity index is 2.25. The molecule has 6 nitrogen and oxygen atoms in total. The molecule has 0 radical (unpaired) electrons. The maximum Gasteiger partial charge on any atom is 0.416 e. The summed E-state index contributed by atoms with van der Waals surface area (Å²) < 4.78 is 157. The van der Waals surface area contributed by atoms with Gasteiger partial charge in [-0.05, 0) is 49.2 Å². The van der Waals surface area contributed by atoms with E-state index in [1.165, 1.54) is 0 Å². The van der Waals surface area contributed by atoms with Crippen molar-refractivity contribution in [3.05, 3.63) is 58.7 Å². The van der Waals surface area contributed by atoms with Crippen molar-refractivity contribution in [3.63, 3.8) is 0 Å². The Morgan fingerprint density at radius 1 is 0.571 bits per heavy atom. The SMILES string of the molecule is CCCCCC(NC(=O)Nc1cc(C(F)(F)F)cc(C(F)(F)F)c1)NC(=O)Nc1cc(C(F)(F)F)cc(C(F)(F)F)c1. The second-order valence-corrected chi connectivity index (χ2v) is 8.83. The van der Waals surface area contributed by atoms with Crippen LogP contribution < -0.4 is 21.3 Å². The molecule has 0 fully saturated rings. The first-order chi connectivity index (χ1) is 19.1. The monoisotopic (exact) mass is 626 g/mol. The second-order valence-electron chi connectivity index (χ2n) is 8.83. The molecule has 0 aliphatic heterocycles. The van der Waals surface area contributed by atoms with E-state index in [4.69, 9.17) is 0 Å². The van der Waals surface area contributed by atoms with Crippen LogP contribution >= 0.6 is 0 Å². The summed E-state index contributed by atoms with van der Waals surface area (Å²) in [5.74, 6) is 0. The fourth-order valence-corrected chi connectivity index (χ4v) is 3.48. The standard InChI is InChI=1S/C24H22F12N4O2/c1-2-3-4-5-18(39-19(41)37-16-8-12(21(25,26)27)6-13(9-16)22(28,29)30)40-20(42)38-17-10-14(23(31,32)33)7-15(11-17)24(34,35)36/h6-11,18H,2-5H2,1H3,(H2,37,39,41)(H2,38,40,42). The highest BCUT2D eigenvalue weighted by molar-refractivity contribution is 5.92. The number of carbonyl (C=O) groups excluding carboxylic acids is 2. The molecule has 2 aromatic carbocycles. The lowest BCUT2D eigenvalue weighted by Crippen LogP contribution is -2.50. The number of hydrogen-bond acceptors (Lipinski definition) is 2. The number of hydrogen-bond donors (Lipinski definition) is 4. The molecule has 0 bridgehead atoms. The first-order valence-corrected chi connectivity index (χ1v) is 11.8. The van der Waals surface area contributed by atoms with E-state index in [0.29, 0.717) is 19.3 Å². The van der Waals surface area contributed by atoms with Gasteiger partial charge in [-0.25, -0.2) is 9.59 Å². The number of anilines is 2. The summed E-state index contributed by atoms with van der Waals surface area (Å²) in [4.78, 5) is 24.8. The topological polar surface area (TPSA) is 82.3 Å². The van der Waals surface area contributed by atoms with Gasteiger partial charge < -0.3 is 21.3 Å². The highest BCUT2D eigenvalue weighted by Gasteiger charge is 2.38. The molecule has 0 unspecified atom stereocenters. The average molecular weight is 626 g/mol. The molecule has 0 atom stereocenters. The number of carbonyl (C=O) groups is 2. The molecule has 4 amide bonds. The van der Waals surface area contributed by atoms with Gasteiger partial charge in [0.2, 0.25) is 0 Å². The fraction of sp³-hybridized carbons (Fsp3) is 0.417. The predicted molar refractivity (Wildman–Crippen MR) is 125 cm³/mol. The first-order valence-electron chi connectivity index (χ1n) is 11.8. The largest absolute Gasteiger partial charge is 0.416 e. The van der Waals surface area contributed by atoms with Gasteiger partial charge in [0, 0.05) is 11.4 Å². The lowest BCUT2D eigenvalue weighted by Gasteiger charge is -2.22.